The van der Waals surface area contributed by atoms with Gasteiger partial charge in [0.1, 0.15) is 0 Å². The van der Waals surface area contributed by atoms with Gasteiger partial charge in [0.25, 0.3) is 0 Å². The van der Waals surface area contributed by atoms with E-state index >= 15 is 0 Å². The number of benzene rings is 4. The van der Waals surface area contributed by atoms with Crippen molar-refractivity contribution < 1.29 is 14.7 Å². The number of carboxylic acid groups (broad SMARTS) is 1. The lowest BCUT2D eigenvalue weighted by molar-refractivity contribution is -0.116. The third-order valence-electron chi connectivity index (χ3n) is 6.09. The van der Waals surface area contributed by atoms with Crippen molar-refractivity contribution in [2.24, 2.45) is 0 Å². The number of carbonyl (C=O) groups is 2. The van der Waals surface area contributed by atoms with Crippen molar-refractivity contribution >= 4 is 28.3 Å². The highest BCUT2D eigenvalue weighted by atomic mass is 16.4. The van der Waals surface area contributed by atoms with E-state index in [1.165, 1.54) is 24.0 Å². The van der Waals surface area contributed by atoms with Crippen molar-refractivity contribution in [1.29, 1.82) is 0 Å². The summed E-state index contributed by atoms with van der Waals surface area (Å²) >= 11 is 0. The Morgan fingerprint density at radius 2 is 1.32 bits per heavy atom. The van der Waals surface area contributed by atoms with Crippen LogP contribution < -0.4 is 5.32 Å². The fraction of sp³-hybridized carbons (Fsp3) is 0.200. The molecule has 0 heterocycles. The average Bonchev–Trinajstić information content (AvgIpc) is 2.86. The fourth-order valence-electron chi connectivity index (χ4n) is 4.10. The maximum atomic E-state index is 12.6. The predicted molar refractivity (Wildman–Crippen MR) is 138 cm³/mol. The number of unbranched alkanes of at least 4 members (excludes halogenated alkanes) is 1. The molecule has 4 heteroatoms. The van der Waals surface area contributed by atoms with Gasteiger partial charge in [-0.1, -0.05) is 86.1 Å². The number of rotatable bonds is 9. The molecule has 4 aromatic carbocycles. The quantitative estimate of drug-likeness (QED) is 0.285. The number of carboxylic acids is 1. The molecule has 0 aliphatic heterocycles. The van der Waals surface area contributed by atoms with Crippen LogP contribution in [0.4, 0.5) is 5.69 Å². The number of amides is 1. The van der Waals surface area contributed by atoms with Crippen molar-refractivity contribution in [3.05, 3.63) is 102 Å². The number of carbonyl (C=O) groups excluding carboxylic acids is 1. The van der Waals surface area contributed by atoms with E-state index < -0.39 is 5.97 Å². The molecule has 0 bridgehead atoms. The molecular formula is C30H29NO3. The van der Waals surface area contributed by atoms with Gasteiger partial charge in [-0.05, 0) is 64.4 Å². The SMILES string of the molecule is CCCCc1ccc(-c2ccc(CCC(=O)Nc3cc4ccccc4cc3C(=O)O)cc2)cc1. The smallest absolute Gasteiger partial charge is 0.337 e. The summed E-state index contributed by atoms with van der Waals surface area (Å²) in [5.74, 6) is -1.26. The summed E-state index contributed by atoms with van der Waals surface area (Å²) in [5, 5.41) is 14.1. The summed E-state index contributed by atoms with van der Waals surface area (Å²) in [6, 6.07) is 27.8. The molecule has 172 valence electrons. The molecule has 0 spiro atoms. The highest BCUT2D eigenvalue weighted by Crippen LogP contribution is 2.25. The molecule has 0 unspecified atom stereocenters. The molecule has 34 heavy (non-hydrogen) atoms. The van der Waals surface area contributed by atoms with Gasteiger partial charge in [-0.25, -0.2) is 4.79 Å². The van der Waals surface area contributed by atoms with Crippen LogP contribution in [0.5, 0.6) is 0 Å². The van der Waals surface area contributed by atoms with Crippen molar-refractivity contribution in [2.45, 2.75) is 39.0 Å². The van der Waals surface area contributed by atoms with E-state index in [1.807, 2.05) is 36.4 Å². The van der Waals surface area contributed by atoms with Gasteiger partial charge in [-0.15, -0.1) is 0 Å². The van der Waals surface area contributed by atoms with Crippen LogP contribution in [0.25, 0.3) is 21.9 Å². The molecule has 0 fully saturated rings. The van der Waals surface area contributed by atoms with Crippen LogP contribution in [0.2, 0.25) is 0 Å². The van der Waals surface area contributed by atoms with Crippen molar-refractivity contribution in [3.8, 4) is 11.1 Å². The number of nitrogens with one attached hydrogen (secondary N) is 1. The second kappa shape index (κ2) is 10.8. The number of aryl methyl sites for hydroxylation is 2. The van der Waals surface area contributed by atoms with Crippen LogP contribution >= 0.6 is 0 Å². The lowest BCUT2D eigenvalue weighted by atomic mass is 9.99. The second-order valence-electron chi connectivity index (χ2n) is 8.60. The minimum atomic E-state index is -1.06. The summed E-state index contributed by atoms with van der Waals surface area (Å²) < 4.78 is 0. The number of hydrogen-bond acceptors (Lipinski definition) is 2. The molecule has 0 saturated heterocycles. The number of fused-ring (bicyclic) bond motifs is 1. The summed E-state index contributed by atoms with van der Waals surface area (Å²) in [5.41, 5.74) is 5.19. The first kappa shape index (κ1) is 23.2. The van der Waals surface area contributed by atoms with Crippen LogP contribution in [0.1, 0.15) is 47.7 Å². The summed E-state index contributed by atoms with van der Waals surface area (Å²) in [6.45, 7) is 2.20. The van der Waals surface area contributed by atoms with Gasteiger partial charge in [-0.2, -0.15) is 0 Å². The number of aromatic carboxylic acids is 1. The van der Waals surface area contributed by atoms with Crippen molar-refractivity contribution in [1.82, 2.24) is 0 Å². The second-order valence-corrected chi connectivity index (χ2v) is 8.60. The highest BCUT2D eigenvalue weighted by Gasteiger charge is 2.14. The minimum Gasteiger partial charge on any atom is -0.478 e. The molecular weight excluding hydrogens is 422 g/mol. The molecule has 4 aromatic rings. The Balaban J connectivity index is 1.38. The van der Waals surface area contributed by atoms with E-state index in [2.05, 4.69) is 48.6 Å². The van der Waals surface area contributed by atoms with Crippen LogP contribution in [0.3, 0.4) is 0 Å². The Morgan fingerprint density at radius 3 is 1.88 bits per heavy atom. The molecule has 0 aliphatic rings. The Hall–Kier alpha value is -3.92. The maximum absolute atomic E-state index is 12.6. The zero-order valence-electron chi connectivity index (χ0n) is 19.4. The van der Waals surface area contributed by atoms with Gasteiger partial charge in [0.05, 0.1) is 11.3 Å². The van der Waals surface area contributed by atoms with Gasteiger partial charge in [-0.3, -0.25) is 4.79 Å². The van der Waals surface area contributed by atoms with Crippen LogP contribution in [-0.4, -0.2) is 17.0 Å². The summed E-state index contributed by atoms with van der Waals surface area (Å²) in [7, 11) is 0. The maximum Gasteiger partial charge on any atom is 0.337 e. The zero-order chi connectivity index (χ0) is 23.9. The largest absolute Gasteiger partial charge is 0.478 e. The monoisotopic (exact) mass is 451 g/mol. The van der Waals surface area contributed by atoms with Crippen LogP contribution in [-0.2, 0) is 17.6 Å². The van der Waals surface area contributed by atoms with E-state index in [0.717, 1.165) is 28.3 Å². The molecule has 0 atom stereocenters. The lowest BCUT2D eigenvalue weighted by Gasteiger charge is -2.11. The topological polar surface area (TPSA) is 66.4 Å². The Kier molecular flexibility index (Phi) is 7.38. The summed E-state index contributed by atoms with van der Waals surface area (Å²) in [4.78, 5) is 24.3. The van der Waals surface area contributed by atoms with E-state index in [4.69, 9.17) is 0 Å². The molecule has 0 saturated carbocycles. The van der Waals surface area contributed by atoms with Crippen molar-refractivity contribution in [2.75, 3.05) is 5.32 Å². The van der Waals surface area contributed by atoms with E-state index in [-0.39, 0.29) is 17.9 Å². The zero-order valence-corrected chi connectivity index (χ0v) is 19.4. The predicted octanol–water partition coefficient (Wildman–Crippen LogP) is 7.12. The third-order valence-corrected chi connectivity index (χ3v) is 6.09. The number of hydrogen-bond donors (Lipinski definition) is 2. The van der Waals surface area contributed by atoms with Gasteiger partial charge >= 0.3 is 5.97 Å². The molecule has 1 amide bonds. The first-order valence-electron chi connectivity index (χ1n) is 11.8. The van der Waals surface area contributed by atoms with E-state index in [0.29, 0.717) is 12.1 Å². The van der Waals surface area contributed by atoms with Crippen LogP contribution in [0.15, 0.2) is 84.9 Å². The molecule has 0 aromatic heterocycles. The molecule has 4 rings (SSSR count). The van der Waals surface area contributed by atoms with Gasteiger partial charge < -0.3 is 10.4 Å². The van der Waals surface area contributed by atoms with Crippen LogP contribution in [0, 0.1) is 0 Å². The first-order valence-corrected chi connectivity index (χ1v) is 11.8. The Labute approximate surface area is 200 Å². The molecule has 0 radical (unpaired) electrons. The average molecular weight is 452 g/mol. The van der Waals surface area contributed by atoms with E-state index in [1.54, 1.807) is 12.1 Å². The molecule has 0 aliphatic carbocycles. The van der Waals surface area contributed by atoms with Gasteiger partial charge in [0, 0.05) is 6.42 Å². The number of anilines is 1. The summed E-state index contributed by atoms with van der Waals surface area (Å²) in [6.07, 6.45) is 4.38. The highest BCUT2D eigenvalue weighted by molar-refractivity contribution is 6.05. The van der Waals surface area contributed by atoms with Gasteiger partial charge in [0.2, 0.25) is 5.91 Å². The standard InChI is InChI=1S/C30H29NO3/c1-2-3-6-21-9-14-23(15-10-21)24-16-11-22(12-17-24)13-18-29(32)31-28-20-26-8-5-4-7-25(26)19-27(28)30(33)34/h4-5,7-12,14-17,19-20H,2-3,6,13,18H2,1H3,(H,31,32)(H,33,34). The van der Waals surface area contributed by atoms with Gasteiger partial charge in [0.15, 0.2) is 0 Å². The lowest BCUT2D eigenvalue weighted by Crippen LogP contribution is -2.15. The molecule has 4 nitrogen and oxygen atoms in total. The Morgan fingerprint density at radius 1 is 0.765 bits per heavy atom. The van der Waals surface area contributed by atoms with Crippen molar-refractivity contribution in [3.63, 3.8) is 0 Å². The fourth-order valence-corrected chi connectivity index (χ4v) is 4.10. The molecule has 2 N–H and O–H groups in total. The third kappa shape index (κ3) is 5.70. The minimum absolute atomic E-state index is 0.0946. The normalized spacial score (nSPS) is 10.9. The van der Waals surface area contributed by atoms with E-state index in [9.17, 15) is 14.7 Å². The first-order chi connectivity index (χ1) is 16.5. The Bertz CT molecular complexity index is 1290.